The average Bonchev–Trinajstić information content (AvgIpc) is 3.03. The first-order valence-electron chi connectivity index (χ1n) is 8.84. The maximum atomic E-state index is 12.5. The van der Waals surface area contributed by atoms with Gasteiger partial charge in [-0.3, -0.25) is 4.79 Å². The van der Waals surface area contributed by atoms with E-state index < -0.39 is 0 Å². The van der Waals surface area contributed by atoms with Crippen LogP contribution in [-0.2, 0) is 17.9 Å². The summed E-state index contributed by atoms with van der Waals surface area (Å²) in [5.41, 5.74) is 2.49. The van der Waals surface area contributed by atoms with Crippen molar-refractivity contribution in [3.63, 3.8) is 0 Å². The van der Waals surface area contributed by atoms with Crippen LogP contribution in [0.3, 0.4) is 0 Å². The summed E-state index contributed by atoms with van der Waals surface area (Å²) in [5, 5.41) is 1.25. The van der Waals surface area contributed by atoms with Gasteiger partial charge in [0.15, 0.2) is 0 Å². The molecular weight excluding hydrogens is 312 g/mol. The van der Waals surface area contributed by atoms with Crippen LogP contribution in [0.4, 0.5) is 0 Å². The lowest BCUT2D eigenvalue weighted by Crippen LogP contribution is -2.38. The van der Waals surface area contributed by atoms with Crippen LogP contribution in [0.15, 0.2) is 60.7 Å². The van der Waals surface area contributed by atoms with E-state index in [1.807, 2.05) is 35.2 Å². The van der Waals surface area contributed by atoms with Gasteiger partial charge in [-0.2, -0.15) is 0 Å². The molecule has 1 amide bonds. The molecule has 0 N–H and O–H groups in total. The summed E-state index contributed by atoms with van der Waals surface area (Å²) in [4.78, 5) is 14.5. The molecule has 0 bridgehead atoms. The molecule has 4 heteroatoms. The van der Waals surface area contributed by atoms with Crippen LogP contribution in [0.1, 0.15) is 18.5 Å². The van der Waals surface area contributed by atoms with Crippen molar-refractivity contribution in [3.05, 3.63) is 66.4 Å². The minimum absolute atomic E-state index is 0.216. The molecule has 4 nitrogen and oxygen atoms in total. The molecule has 2 aromatic carbocycles. The van der Waals surface area contributed by atoms with Crippen LogP contribution < -0.4 is 4.74 Å². The van der Waals surface area contributed by atoms with Crippen molar-refractivity contribution in [2.24, 2.45) is 0 Å². The number of hydrogen-bond acceptors (Lipinski definition) is 2. The fourth-order valence-electron chi connectivity index (χ4n) is 3.46. The second-order valence-electron chi connectivity index (χ2n) is 6.43. The van der Waals surface area contributed by atoms with Gasteiger partial charge in [-0.15, -0.1) is 0 Å². The highest BCUT2D eigenvalue weighted by molar-refractivity contribution is 5.82. The second-order valence-corrected chi connectivity index (χ2v) is 6.43. The number of fused-ring (bicyclic) bond motifs is 3. The van der Waals surface area contributed by atoms with Crippen molar-refractivity contribution in [1.82, 2.24) is 9.47 Å². The van der Waals surface area contributed by atoms with Gasteiger partial charge in [0.25, 0.3) is 0 Å². The molecule has 0 saturated carbocycles. The van der Waals surface area contributed by atoms with E-state index in [9.17, 15) is 4.79 Å². The van der Waals surface area contributed by atoms with E-state index in [4.69, 9.17) is 4.74 Å². The number of benzene rings is 2. The average molecular weight is 334 g/mol. The summed E-state index contributed by atoms with van der Waals surface area (Å²) in [5.74, 6) is 1.07. The summed E-state index contributed by atoms with van der Waals surface area (Å²) < 4.78 is 8.00. The zero-order valence-corrected chi connectivity index (χ0v) is 14.2. The molecule has 1 aliphatic rings. The van der Waals surface area contributed by atoms with Crippen molar-refractivity contribution >= 4 is 16.8 Å². The molecule has 1 aromatic heterocycles. The molecule has 2 heterocycles. The van der Waals surface area contributed by atoms with Gasteiger partial charge < -0.3 is 14.2 Å². The Labute approximate surface area is 147 Å². The largest absolute Gasteiger partial charge is 0.494 e. The standard InChI is InChI=1S/C21H22N2O2/c24-21(11-6-14-25-19-8-2-1-3-9-19)22-12-13-23-18(16-22)15-17-7-4-5-10-20(17)23/h1-5,7-10,15H,6,11-14,16H2. The Balaban J connectivity index is 1.31. The highest BCUT2D eigenvalue weighted by atomic mass is 16.5. The lowest BCUT2D eigenvalue weighted by Gasteiger charge is -2.29. The third-order valence-electron chi connectivity index (χ3n) is 4.74. The molecule has 0 radical (unpaired) electrons. The minimum Gasteiger partial charge on any atom is -0.494 e. The van der Waals surface area contributed by atoms with Crippen LogP contribution in [0.5, 0.6) is 5.75 Å². The summed E-state index contributed by atoms with van der Waals surface area (Å²) in [6.45, 7) is 2.93. The van der Waals surface area contributed by atoms with Crippen LogP contribution in [0.25, 0.3) is 10.9 Å². The topological polar surface area (TPSA) is 34.5 Å². The van der Waals surface area contributed by atoms with E-state index in [0.717, 1.165) is 25.3 Å². The molecule has 3 aromatic rings. The number of carbonyl (C=O) groups is 1. The number of amides is 1. The van der Waals surface area contributed by atoms with Gasteiger partial charge in [0.1, 0.15) is 5.75 Å². The van der Waals surface area contributed by atoms with Crippen LogP contribution in [0, 0.1) is 0 Å². The van der Waals surface area contributed by atoms with Crippen molar-refractivity contribution in [3.8, 4) is 5.75 Å². The normalized spacial score (nSPS) is 13.7. The smallest absolute Gasteiger partial charge is 0.223 e. The van der Waals surface area contributed by atoms with Gasteiger partial charge in [0, 0.05) is 30.7 Å². The van der Waals surface area contributed by atoms with Crippen molar-refractivity contribution in [2.45, 2.75) is 25.9 Å². The third kappa shape index (κ3) is 3.38. The van der Waals surface area contributed by atoms with Gasteiger partial charge in [-0.25, -0.2) is 0 Å². The summed E-state index contributed by atoms with van der Waals surface area (Å²) >= 11 is 0. The monoisotopic (exact) mass is 334 g/mol. The molecule has 0 fully saturated rings. The number of nitrogens with zero attached hydrogens (tertiary/aromatic N) is 2. The lowest BCUT2D eigenvalue weighted by atomic mass is 10.2. The fraction of sp³-hybridized carbons (Fsp3) is 0.286. The van der Waals surface area contributed by atoms with E-state index in [0.29, 0.717) is 19.6 Å². The predicted octanol–water partition coefficient (Wildman–Crippen LogP) is 3.84. The number of para-hydroxylation sites is 2. The van der Waals surface area contributed by atoms with E-state index in [1.165, 1.54) is 16.6 Å². The van der Waals surface area contributed by atoms with Crippen molar-refractivity contribution < 1.29 is 9.53 Å². The Morgan fingerprint density at radius 3 is 2.68 bits per heavy atom. The summed E-state index contributed by atoms with van der Waals surface area (Å²) in [7, 11) is 0. The van der Waals surface area contributed by atoms with Gasteiger partial charge >= 0.3 is 0 Å². The first-order valence-corrected chi connectivity index (χ1v) is 8.84. The number of ether oxygens (including phenoxy) is 1. The maximum Gasteiger partial charge on any atom is 0.223 e. The number of hydrogen-bond donors (Lipinski definition) is 0. The molecule has 4 rings (SSSR count). The molecule has 0 unspecified atom stereocenters. The fourth-order valence-corrected chi connectivity index (χ4v) is 3.46. The van der Waals surface area contributed by atoms with Gasteiger partial charge in [0.05, 0.1) is 13.2 Å². The zero-order valence-electron chi connectivity index (χ0n) is 14.2. The van der Waals surface area contributed by atoms with Gasteiger partial charge in [0.2, 0.25) is 5.91 Å². The highest BCUT2D eigenvalue weighted by Gasteiger charge is 2.21. The van der Waals surface area contributed by atoms with E-state index in [1.54, 1.807) is 0 Å². The predicted molar refractivity (Wildman–Crippen MR) is 98.5 cm³/mol. The number of carbonyl (C=O) groups excluding carboxylic acids is 1. The Morgan fingerprint density at radius 1 is 1.00 bits per heavy atom. The van der Waals surface area contributed by atoms with Crippen molar-refractivity contribution in [2.75, 3.05) is 13.2 Å². The molecule has 0 aliphatic carbocycles. The Kier molecular flexibility index (Phi) is 4.42. The molecule has 0 spiro atoms. The summed E-state index contributed by atoms with van der Waals surface area (Å²) in [6.07, 6.45) is 1.28. The number of rotatable bonds is 5. The highest BCUT2D eigenvalue weighted by Crippen LogP contribution is 2.24. The maximum absolute atomic E-state index is 12.5. The van der Waals surface area contributed by atoms with E-state index in [-0.39, 0.29) is 5.91 Å². The third-order valence-corrected chi connectivity index (χ3v) is 4.74. The molecule has 0 atom stereocenters. The Hall–Kier alpha value is -2.75. The van der Waals surface area contributed by atoms with E-state index in [2.05, 4.69) is 34.9 Å². The minimum atomic E-state index is 0.216. The SMILES string of the molecule is O=C(CCCOc1ccccc1)N1CCn2c(cc3ccccc32)C1. The number of aromatic nitrogens is 1. The summed E-state index contributed by atoms with van der Waals surface area (Å²) in [6, 6.07) is 20.4. The lowest BCUT2D eigenvalue weighted by molar-refractivity contribution is -0.132. The van der Waals surface area contributed by atoms with Gasteiger partial charge in [-0.05, 0) is 36.1 Å². The van der Waals surface area contributed by atoms with Crippen LogP contribution in [0.2, 0.25) is 0 Å². The quantitative estimate of drug-likeness (QED) is 0.664. The molecule has 25 heavy (non-hydrogen) atoms. The molecule has 1 aliphatic heterocycles. The van der Waals surface area contributed by atoms with Crippen LogP contribution in [-0.4, -0.2) is 28.5 Å². The van der Waals surface area contributed by atoms with E-state index >= 15 is 0 Å². The van der Waals surface area contributed by atoms with Crippen molar-refractivity contribution in [1.29, 1.82) is 0 Å². The first kappa shape index (κ1) is 15.8. The van der Waals surface area contributed by atoms with Gasteiger partial charge in [-0.1, -0.05) is 36.4 Å². The molecule has 128 valence electrons. The first-order chi connectivity index (χ1) is 12.3. The Morgan fingerprint density at radius 2 is 1.80 bits per heavy atom. The van der Waals surface area contributed by atoms with Crippen LogP contribution >= 0.6 is 0 Å². The zero-order chi connectivity index (χ0) is 17.1. The molecule has 0 saturated heterocycles. The second kappa shape index (κ2) is 7.01. The molecular formula is C21H22N2O2. The Bertz CT molecular complexity index is 870.